The minimum atomic E-state index is 0.835. The van der Waals surface area contributed by atoms with Crippen molar-refractivity contribution in [2.45, 2.75) is 59.3 Å². The van der Waals surface area contributed by atoms with Gasteiger partial charge in [0.25, 0.3) is 0 Å². The van der Waals surface area contributed by atoms with Gasteiger partial charge in [-0.25, -0.2) is 0 Å². The Balaban J connectivity index is 4.38. The van der Waals surface area contributed by atoms with Gasteiger partial charge in [0.15, 0.2) is 0 Å². The molecule has 0 spiro atoms. The molecule has 0 atom stereocenters. The quantitative estimate of drug-likeness (QED) is 0.465. The molecule has 0 fully saturated rings. The third kappa shape index (κ3) is 8.46. The topological polar surface area (TPSA) is 29.3 Å². The van der Waals surface area contributed by atoms with Gasteiger partial charge in [0.1, 0.15) is 0 Å². The van der Waals surface area contributed by atoms with E-state index in [1.54, 1.807) is 0 Å². The van der Waals surface area contributed by atoms with Crippen LogP contribution in [0.25, 0.3) is 0 Å². The van der Waals surface area contributed by atoms with Crippen LogP contribution in [0.15, 0.2) is 23.0 Å². The van der Waals surface area contributed by atoms with Gasteiger partial charge in [0.2, 0.25) is 0 Å². The van der Waals surface area contributed by atoms with Crippen LogP contribution in [-0.2, 0) is 0 Å². The largest absolute Gasteiger partial charge is 0.385 e. The molecule has 106 valence electrons. The molecule has 0 aromatic carbocycles. The van der Waals surface area contributed by atoms with Crippen molar-refractivity contribution >= 4 is 11.6 Å². The summed E-state index contributed by atoms with van der Waals surface area (Å²) in [4.78, 5) is 2.25. The molecule has 0 aromatic heterocycles. The molecule has 0 aliphatic heterocycles. The van der Waals surface area contributed by atoms with Crippen LogP contribution in [-0.4, -0.2) is 18.0 Å². The molecule has 2 nitrogen and oxygen atoms in total. The predicted molar refractivity (Wildman–Crippen MR) is 82.5 cm³/mol. The second kappa shape index (κ2) is 11.5. The average molecular weight is 273 g/mol. The van der Waals surface area contributed by atoms with Gasteiger partial charge >= 0.3 is 0 Å². The van der Waals surface area contributed by atoms with Crippen molar-refractivity contribution in [3.8, 4) is 0 Å². The van der Waals surface area contributed by atoms with Crippen LogP contribution in [0, 0.1) is 0 Å². The number of rotatable bonds is 10. The van der Waals surface area contributed by atoms with Crippen molar-refractivity contribution in [1.29, 1.82) is 0 Å². The number of nitrogens with zero attached hydrogens (tertiary/aromatic N) is 1. The predicted octanol–water partition coefficient (Wildman–Crippen LogP) is 4.61. The lowest BCUT2D eigenvalue weighted by atomic mass is 10.2. The van der Waals surface area contributed by atoms with Crippen molar-refractivity contribution in [3.05, 3.63) is 23.0 Å². The van der Waals surface area contributed by atoms with Gasteiger partial charge in [-0.3, -0.25) is 0 Å². The van der Waals surface area contributed by atoms with Crippen LogP contribution in [0.1, 0.15) is 59.3 Å². The molecular formula is C15H29ClN2. The number of allylic oxidation sites excluding steroid dienone is 3. The molecule has 0 bridgehead atoms. The Morgan fingerprint density at radius 1 is 1.00 bits per heavy atom. The molecule has 0 aromatic rings. The molecule has 0 saturated carbocycles. The van der Waals surface area contributed by atoms with E-state index < -0.39 is 0 Å². The molecule has 0 unspecified atom stereocenters. The fourth-order valence-corrected chi connectivity index (χ4v) is 2.05. The first-order valence-corrected chi connectivity index (χ1v) is 7.60. The summed E-state index contributed by atoms with van der Waals surface area (Å²) >= 11 is 6.08. The number of hydrogen-bond acceptors (Lipinski definition) is 2. The SMILES string of the molecule is CCCCCN(CCC)/C(N)=C/C=C(/Cl)CCC. The smallest absolute Gasteiger partial charge is 0.0986 e. The fourth-order valence-electron chi connectivity index (χ4n) is 1.80. The van der Waals surface area contributed by atoms with Gasteiger partial charge in [-0.05, 0) is 31.4 Å². The highest BCUT2D eigenvalue weighted by atomic mass is 35.5. The highest BCUT2D eigenvalue weighted by Crippen LogP contribution is 2.11. The fraction of sp³-hybridized carbons (Fsp3) is 0.733. The molecule has 0 aliphatic rings. The minimum Gasteiger partial charge on any atom is -0.385 e. The molecule has 18 heavy (non-hydrogen) atoms. The highest BCUT2D eigenvalue weighted by Gasteiger charge is 2.03. The van der Waals surface area contributed by atoms with Crippen LogP contribution in [0.5, 0.6) is 0 Å². The van der Waals surface area contributed by atoms with Crippen molar-refractivity contribution < 1.29 is 0 Å². The maximum absolute atomic E-state index is 6.11. The highest BCUT2D eigenvalue weighted by molar-refractivity contribution is 6.29. The summed E-state index contributed by atoms with van der Waals surface area (Å²) in [7, 11) is 0. The lowest BCUT2D eigenvalue weighted by Gasteiger charge is -2.24. The molecule has 2 N–H and O–H groups in total. The standard InChI is InChI=1S/C15H29ClN2/c1-4-7-8-13-18(12-6-3)15(17)11-10-14(16)9-5-2/h10-11H,4-9,12-13,17H2,1-3H3/b14-10+,15-11+. The summed E-state index contributed by atoms with van der Waals surface area (Å²) in [5, 5.41) is 0.880. The van der Waals surface area contributed by atoms with E-state index >= 15 is 0 Å². The van der Waals surface area contributed by atoms with Gasteiger partial charge in [0.05, 0.1) is 5.82 Å². The first-order chi connectivity index (χ1) is 8.65. The maximum Gasteiger partial charge on any atom is 0.0986 e. The zero-order valence-electron chi connectivity index (χ0n) is 12.2. The van der Waals surface area contributed by atoms with E-state index in [1.807, 2.05) is 12.2 Å². The van der Waals surface area contributed by atoms with Gasteiger partial charge in [-0.15, -0.1) is 0 Å². The molecule has 0 amide bonds. The lowest BCUT2D eigenvalue weighted by molar-refractivity contribution is 0.331. The summed E-state index contributed by atoms with van der Waals surface area (Å²) in [6.45, 7) is 8.59. The summed E-state index contributed by atoms with van der Waals surface area (Å²) in [5.41, 5.74) is 6.11. The normalized spacial score (nSPS) is 12.9. The van der Waals surface area contributed by atoms with Crippen LogP contribution < -0.4 is 5.73 Å². The Morgan fingerprint density at radius 2 is 1.72 bits per heavy atom. The van der Waals surface area contributed by atoms with E-state index in [2.05, 4.69) is 25.7 Å². The molecular weight excluding hydrogens is 244 g/mol. The maximum atomic E-state index is 6.11. The Morgan fingerprint density at radius 3 is 2.28 bits per heavy atom. The summed E-state index contributed by atoms with van der Waals surface area (Å²) < 4.78 is 0. The van der Waals surface area contributed by atoms with Crippen LogP contribution in [0.3, 0.4) is 0 Å². The lowest BCUT2D eigenvalue weighted by Crippen LogP contribution is -2.29. The Bertz CT molecular complexity index is 259. The van der Waals surface area contributed by atoms with Crippen LogP contribution >= 0.6 is 11.6 Å². The number of unbranched alkanes of at least 4 members (excludes halogenated alkanes) is 2. The van der Waals surface area contributed by atoms with Gasteiger partial charge < -0.3 is 10.6 Å². The van der Waals surface area contributed by atoms with Gasteiger partial charge in [0, 0.05) is 18.1 Å². The van der Waals surface area contributed by atoms with E-state index in [-0.39, 0.29) is 0 Å². The zero-order valence-corrected chi connectivity index (χ0v) is 13.0. The molecule has 0 saturated heterocycles. The minimum absolute atomic E-state index is 0.835. The van der Waals surface area contributed by atoms with E-state index in [4.69, 9.17) is 17.3 Å². The summed E-state index contributed by atoms with van der Waals surface area (Å²) in [6.07, 6.45) is 10.7. The molecule has 3 heteroatoms. The van der Waals surface area contributed by atoms with Gasteiger partial charge in [-0.1, -0.05) is 51.6 Å². The van der Waals surface area contributed by atoms with Gasteiger partial charge in [-0.2, -0.15) is 0 Å². The Labute approximate surface area is 118 Å². The van der Waals surface area contributed by atoms with Crippen LogP contribution in [0.4, 0.5) is 0 Å². The molecule has 0 aliphatic carbocycles. The van der Waals surface area contributed by atoms with E-state index in [0.29, 0.717) is 0 Å². The van der Waals surface area contributed by atoms with E-state index in [0.717, 1.165) is 43.2 Å². The Hall–Kier alpha value is -0.630. The molecule has 0 rings (SSSR count). The third-order valence-electron chi connectivity index (χ3n) is 2.81. The van der Waals surface area contributed by atoms with Crippen LogP contribution in [0.2, 0.25) is 0 Å². The number of nitrogens with two attached hydrogens (primary N) is 1. The summed E-state index contributed by atoms with van der Waals surface area (Å²) in [5.74, 6) is 0.835. The second-order valence-corrected chi connectivity index (χ2v) is 5.13. The third-order valence-corrected chi connectivity index (χ3v) is 3.13. The Kier molecular flexibility index (Phi) is 11.1. The first kappa shape index (κ1) is 17.4. The number of halogens is 1. The van der Waals surface area contributed by atoms with E-state index in [1.165, 1.54) is 19.3 Å². The first-order valence-electron chi connectivity index (χ1n) is 7.22. The monoisotopic (exact) mass is 272 g/mol. The van der Waals surface area contributed by atoms with Crippen molar-refractivity contribution in [1.82, 2.24) is 4.90 Å². The zero-order chi connectivity index (χ0) is 13.8. The van der Waals surface area contributed by atoms with Crippen molar-refractivity contribution in [2.24, 2.45) is 5.73 Å². The van der Waals surface area contributed by atoms with Crippen molar-refractivity contribution in [2.75, 3.05) is 13.1 Å². The summed E-state index contributed by atoms with van der Waals surface area (Å²) in [6, 6.07) is 0. The number of hydrogen-bond donors (Lipinski definition) is 1. The second-order valence-electron chi connectivity index (χ2n) is 4.65. The molecule has 0 heterocycles. The molecule has 0 radical (unpaired) electrons. The van der Waals surface area contributed by atoms with E-state index in [9.17, 15) is 0 Å². The van der Waals surface area contributed by atoms with Crippen molar-refractivity contribution in [3.63, 3.8) is 0 Å². The average Bonchev–Trinajstić information content (AvgIpc) is 2.35.